The van der Waals surface area contributed by atoms with Gasteiger partial charge < -0.3 is 9.32 Å². The summed E-state index contributed by atoms with van der Waals surface area (Å²) in [5, 5.41) is 9.37. The minimum Gasteiger partial charge on any atom is -0.423 e. The van der Waals surface area contributed by atoms with Crippen LogP contribution in [-0.4, -0.2) is 47.6 Å². The van der Waals surface area contributed by atoms with E-state index in [1.165, 1.54) is 0 Å². The maximum absolute atomic E-state index is 9.37. The molecule has 0 atom stereocenters. The molecule has 1 fully saturated rings. The van der Waals surface area contributed by atoms with Gasteiger partial charge in [-0.05, 0) is 12.1 Å². The van der Waals surface area contributed by atoms with E-state index in [4.69, 9.17) is 4.42 Å². The molecular weight excluding hydrogens is 314 g/mol. The maximum atomic E-state index is 9.37. The highest BCUT2D eigenvalue weighted by atomic mass is 16.4. The Morgan fingerprint density at radius 2 is 1.96 bits per heavy atom. The molecular formula is C19H25N5O. The van der Waals surface area contributed by atoms with E-state index in [1.807, 2.05) is 39.1 Å². The van der Waals surface area contributed by atoms with Gasteiger partial charge in [0.2, 0.25) is 17.5 Å². The topological polar surface area (TPSA) is 69.2 Å². The molecule has 25 heavy (non-hydrogen) atoms. The van der Waals surface area contributed by atoms with Crippen molar-refractivity contribution in [2.24, 2.45) is 0 Å². The third-order valence-electron chi connectivity index (χ3n) is 4.43. The minimum atomic E-state index is -0.200. The van der Waals surface area contributed by atoms with Gasteiger partial charge in [-0.1, -0.05) is 26.8 Å². The van der Waals surface area contributed by atoms with E-state index in [1.54, 1.807) is 0 Å². The summed E-state index contributed by atoms with van der Waals surface area (Å²) in [5.74, 6) is 1.24. The minimum absolute atomic E-state index is 0.200. The molecule has 3 rings (SSSR count). The predicted octanol–water partition coefficient (Wildman–Crippen LogP) is 2.60. The molecule has 0 N–H and O–H groups in total. The first-order chi connectivity index (χ1) is 12.0. The number of aromatic nitrogens is 2. The van der Waals surface area contributed by atoms with Gasteiger partial charge in [0.15, 0.2) is 0 Å². The fraction of sp³-hybridized carbons (Fsp3) is 0.526. The fourth-order valence-corrected chi connectivity index (χ4v) is 2.91. The van der Waals surface area contributed by atoms with Crippen molar-refractivity contribution in [1.82, 2.24) is 14.9 Å². The van der Waals surface area contributed by atoms with Crippen molar-refractivity contribution in [2.75, 3.05) is 37.6 Å². The zero-order valence-corrected chi connectivity index (χ0v) is 15.2. The number of nitriles is 1. The first-order valence-electron chi connectivity index (χ1n) is 8.76. The number of hydrogen-bond donors (Lipinski definition) is 0. The molecule has 132 valence electrons. The third-order valence-corrected chi connectivity index (χ3v) is 4.43. The second-order valence-electron chi connectivity index (χ2n) is 7.43. The summed E-state index contributed by atoms with van der Waals surface area (Å²) in [4.78, 5) is 13.3. The predicted molar refractivity (Wildman–Crippen MR) is 96.5 cm³/mol. The molecule has 0 aromatic carbocycles. The molecule has 0 radical (unpaired) electrons. The second-order valence-corrected chi connectivity index (χ2v) is 7.43. The molecule has 3 heterocycles. The number of hydrogen-bond acceptors (Lipinski definition) is 6. The van der Waals surface area contributed by atoms with Gasteiger partial charge in [0, 0.05) is 56.5 Å². The molecule has 6 heteroatoms. The van der Waals surface area contributed by atoms with Gasteiger partial charge in [0.25, 0.3) is 0 Å². The van der Waals surface area contributed by atoms with E-state index in [-0.39, 0.29) is 5.41 Å². The lowest BCUT2D eigenvalue weighted by atomic mass is 9.97. The van der Waals surface area contributed by atoms with Gasteiger partial charge in [0.1, 0.15) is 6.07 Å². The first-order valence-corrected chi connectivity index (χ1v) is 8.76. The van der Waals surface area contributed by atoms with Gasteiger partial charge in [0.05, 0.1) is 0 Å². The summed E-state index contributed by atoms with van der Waals surface area (Å²) in [5.41, 5.74) is 1.32. The lowest BCUT2D eigenvalue weighted by Crippen LogP contribution is -2.47. The molecule has 0 bridgehead atoms. The highest BCUT2D eigenvalue weighted by Crippen LogP contribution is 2.29. The third kappa shape index (κ3) is 4.18. The molecule has 0 spiro atoms. The molecule has 1 aliphatic rings. The molecule has 2 aromatic heterocycles. The molecule has 0 unspecified atom stereocenters. The molecule has 6 nitrogen and oxygen atoms in total. The molecule has 0 aliphatic carbocycles. The average molecular weight is 339 g/mol. The molecule has 1 saturated heterocycles. The van der Waals surface area contributed by atoms with Crippen molar-refractivity contribution >= 4 is 5.88 Å². The van der Waals surface area contributed by atoms with E-state index in [9.17, 15) is 5.26 Å². The Balaban J connectivity index is 1.59. The maximum Gasteiger partial charge on any atom is 0.234 e. The van der Waals surface area contributed by atoms with Crippen LogP contribution in [0.3, 0.4) is 0 Å². The first kappa shape index (κ1) is 17.4. The molecule has 0 amide bonds. The summed E-state index contributed by atoms with van der Waals surface area (Å²) < 4.78 is 5.94. The van der Waals surface area contributed by atoms with Crippen molar-refractivity contribution in [3.05, 3.63) is 41.7 Å². The van der Waals surface area contributed by atoms with Gasteiger partial charge >= 0.3 is 0 Å². The number of rotatable bonds is 4. The van der Waals surface area contributed by atoms with Crippen molar-refractivity contribution < 1.29 is 4.42 Å². The normalized spacial score (nSPS) is 16.0. The van der Waals surface area contributed by atoms with Crippen molar-refractivity contribution in [3.63, 3.8) is 0 Å². The molecule has 1 aliphatic heterocycles. The quantitative estimate of drug-likeness (QED) is 0.853. The number of pyridine rings is 1. The van der Waals surface area contributed by atoms with Gasteiger partial charge in [-0.15, -0.1) is 0 Å². The monoisotopic (exact) mass is 339 g/mol. The lowest BCUT2D eigenvalue weighted by molar-refractivity contribution is 0.254. The number of nitrogens with zero attached hydrogens (tertiary/aromatic N) is 5. The van der Waals surface area contributed by atoms with Crippen LogP contribution in [0.4, 0.5) is 5.88 Å². The van der Waals surface area contributed by atoms with Crippen LogP contribution in [0.25, 0.3) is 0 Å². The Morgan fingerprint density at radius 3 is 2.56 bits per heavy atom. The Labute approximate surface area is 149 Å². The standard InChI is InChI=1S/C19H25N5O/c1-19(2,3)18-22-16(14-20)17(25-18)24-12-10-23(11-13-24)9-7-15-6-4-5-8-21-15/h4-6,8H,7,9-13H2,1-3H3. The van der Waals surface area contributed by atoms with Gasteiger partial charge in [-0.3, -0.25) is 9.88 Å². The van der Waals surface area contributed by atoms with E-state index >= 15 is 0 Å². The Bertz CT molecular complexity index is 733. The Hall–Kier alpha value is -2.39. The lowest BCUT2D eigenvalue weighted by Gasteiger charge is -2.34. The van der Waals surface area contributed by atoms with E-state index < -0.39 is 0 Å². The van der Waals surface area contributed by atoms with E-state index in [0.29, 0.717) is 17.5 Å². The zero-order chi connectivity index (χ0) is 17.9. The summed E-state index contributed by atoms with van der Waals surface area (Å²) in [6.45, 7) is 10.7. The van der Waals surface area contributed by atoms with Crippen molar-refractivity contribution in [1.29, 1.82) is 5.26 Å². The van der Waals surface area contributed by atoms with Crippen LogP contribution in [0.1, 0.15) is 38.0 Å². The van der Waals surface area contributed by atoms with E-state index in [0.717, 1.165) is 44.8 Å². The Morgan fingerprint density at radius 1 is 1.20 bits per heavy atom. The average Bonchev–Trinajstić information content (AvgIpc) is 3.06. The van der Waals surface area contributed by atoms with E-state index in [2.05, 4.69) is 31.9 Å². The Kier molecular flexibility index (Phi) is 5.05. The SMILES string of the molecule is CC(C)(C)c1nc(C#N)c(N2CCN(CCc3ccccn3)CC2)o1. The van der Waals surface area contributed by atoms with Crippen LogP contribution in [-0.2, 0) is 11.8 Å². The van der Waals surface area contributed by atoms with Gasteiger partial charge in [-0.25, -0.2) is 0 Å². The van der Waals surface area contributed by atoms with Crippen LogP contribution < -0.4 is 4.90 Å². The van der Waals surface area contributed by atoms with Crippen LogP contribution >= 0.6 is 0 Å². The molecule has 2 aromatic rings. The highest BCUT2D eigenvalue weighted by Gasteiger charge is 2.28. The summed E-state index contributed by atoms with van der Waals surface area (Å²) >= 11 is 0. The summed E-state index contributed by atoms with van der Waals surface area (Å²) in [6, 6.07) is 8.21. The van der Waals surface area contributed by atoms with Crippen LogP contribution in [0.2, 0.25) is 0 Å². The summed E-state index contributed by atoms with van der Waals surface area (Å²) in [6.07, 6.45) is 2.80. The zero-order valence-electron chi connectivity index (χ0n) is 15.2. The van der Waals surface area contributed by atoms with Crippen LogP contribution in [0, 0.1) is 11.3 Å². The number of piperazine rings is 1. The van der Waals surface area contributed by atoms with Crippen LogP contribution in [0.5, 0.6) is 0 Å². The largest absolute Gasteiger partial charge is 0.423 e. The number of anilines is 1. The fourth-order valence-electron chi connectivity index (χ4n) is 2.91. The smallest absolute Gasteiger partial charge is 0.234 e. The van der Waals surface area contributed by atoms with Crippen LogP contribution in [0.15, 0.2) is 28.8 Å². The number of oxazole rings is 1. The van der Waals surface area contributed by atoms with Crippen molar-refractivity contribution in [2.45, 2.75) is 32.6 Å². The van der Waals surface area contributed by atoms with Gasteiger partial charge in [-0.2, -0.15) is 10.2 Å². The van der Waals surface area contributed by atoms with Crippen molar-refractivity contribution in [3.8, 4) is 6.07 Å². The second kappa shape index (κ2) is 7.24. The highest BCUT2D eigenvalue weighted by molar-refractivity contribution is 5.48. The molecule has 0 saturated carbocycles. The summed E-state index contributed by atoms with van der Waals surface area (Å²) in [7, 11) is 0.